The lowest BCUT2D eigenvalue weighted by atomic mass is 9.84. The minimum absolute atomic E-state index is 0.0477. The molecule has 0 aliphatic heterocycles. The number of amides is 1. The fourth-order valence-corrected chi connectivity index (χ4v) is 4.78. The summed E-state index contributed by atoms with van der Waals surface area (Å²) < 4.78 is 0. The molecule has 0 radical (unpaired) electrons. The molecule has 0 saturated heterocycles. The fraction of sp³-hybridized carbons (Fsp3) is 0.600. The number of carbonyl (C=O) groups excluding carboxylic acids is 1. The van der Waals surface area contributed by atoms with Crippen LogP contribution in [0.5, 0.6) is 0 Å². The number of hydrogen-bond donors (Lipinski definition) is 2. The van der Waals surface area contributed by atoms with Crippen molar-refractivity contribution >= 4 is 34.5 Å². The standard InChI is InChI=1S/C15H20N2OS2/c16-13(19)15(7-1-2-8-15)14(18)17-11-4-3-5-12-10(11)6-9-20-12/h6,9,11H,1-5,7-8H2,(H2,16,19)(H,17,18). The van der Waals surface area contributed by atoms with Gasteiger partial charge in [0.15, 0.2) is 0 Å². The second-order valence-corrected chi connectivity index (χ2v) is 7.31. The molecule has 0 bridgehead atoms. The second-order valence-electron chi connectivity index (χ2n) is 5.87. The van der Waals surface area contributed by atoms with Crippen LogP contribution in [0, 0.1) is 5.41 Å². The number of thiocarbonyl (C=S) groups is 1. The summed E-state index contributed by atoms with van der Waals surface area (Å²) in [6.45, 7) is 0. The number of thiophene rings is 1. The lowest BCUT2D eigenvalue weighted by Crippen LogP contribution is -2.48. The van der Waals surface area contributed by atoms with E-state index in [1.165, 1.54) is 10.4 Å². The van der Waals surface area contributed by atoms with Crippen molar-refractivity contribution in [1.29, 1.82) is 0 Å². The molecule has 1 saturated carbocycles. The van der Waals surface area contributed by atoms with Crippen LogP contribution in [0.4, 0.5) is 0 Å². The molecule has 1 aromatic heterocycles. The highest BCUT2D eigenvalue weighted by atomic mass is 32.1. The van der Waals surface area contributed by atoms with E-state index in [2.05, 4.69) is 16.8 Å². The topological polar surface area (TPSA) is 55.1 Å². The van der Waals surface area contributed by atoms with E-state index in [0.29, 0.717) is 4.99 Å². The molecule has 5 heteroatoms. The smallest absolute Gasteiger partial charge is 0.233 e. The predicted octanol–water partition coefficient (Wildman–Crippen LogP) is 3.09. The van der Waals surface area contributed by atoms with Crippen molar-refractivity contribution in [1.82, 2.24) is 5.32 Å². The molecular weight excluding hydrogens is 288 g/mol. The Morgan fingerprint density at radius 1 is 1.40 bits per heavy atom. The van der Waals surface area contributed by atoms with Crippen LogP contribution in [-0.2, 0) is 11.2 Å². The number of carbonyl (C=O) groups is 1. The number of rotatable bonds is 3. The predicted molar refractivity (Wildman–Crippen MR) is 85.8 cm³/mol. The van der Waals surface area contributed by atoms with Gasteiger partial charge in [0.1, 0.15) is 0 Å². The summed E-state index contributed by atoms with van der Waals surface area (Å²) >= 11 is 6.98. The lowest BCUT2D eigenvalue weighted by Gasteiger charge is -2.31. The Bertz CT molecular complexity index is 532. The Labute approximate surface area is 128 Å². The van der Waals surface area contributed by atoms with Crippen molar-refractivity contribution in [2.24, 2.45) is 11.1 Å². The van der Waals surface area contributed by atoms with Crippen LogP contribution < -0.4 is 11.1 Å². The zero-order valence-electron chi connectivity index (χ0n) is 11.5. The largest absolute Gasteiger partial charge is 0.392 e. The van der Waals surface area contributed by atoms with Gasteiger partial charge >= 0.3 is 0 Å². The number of aryl methyl sites for hydroxylation is 1. The summed E-state index contributed by atoms with van der Waals surface area (Å²) in [5.74, 6) is 0.0477. The Hall–Kier alpha value is -0.940. The van der Waals surface area contributed by atoms with E-state index in [-0.39, 0.29) is 11.9 Å². The molecule has 0 aromatic carbocycles. The first-order valence-electron chi connectivity index (χ1n) is 7.31. The molecule has 1 atom stereocenters. The van der Waals surface area contributed by atoms with Gasteiger partial charge in [0.2, 0.25) is 5.91 Å². The highest BCUT2D eigenvalue weighted by Gasteiger charge is 2.44. The Morgan fingerprint density at radius 2 is 2.15 bits per heavy atom. The molecule has 3 rings (SSSR count). The SMILES string of the molecule is NC(=S)C1(C(=O)NC2CCCc3sccc32)CCCC1. The van der Waals surface area contributed by atoms with E-state index < -0.39 is 5.41 Å². The monoisotopic (exact) mass is 308 g/mol. The van der Waals surface area contributed by atoms with E-state index in [1.807, 2.05) is 0 Å². The summed E-state index contributed by atoms with van der Waals surface area (Å²) in [5.41, 5.74) is 6.59. The second kappa shape index (κ2) is 5.45. The number of nitrogens with two attached hydrogens (primary N) is 1. The van der Waals surface area contributed by atoms with Crippen molar-refractivity contribution < 1.29 is 4.79 Å². The highest BCUT2D eigenvalue weighted by Crippen LogP contribution is 2.40. The maximum Gasteiger partial charge on any atom is 0.233 e. The van der Waals surface area contributed by atoms with Crippen molar-refractivity contribution in [3.8, 4) is 0 Å². The Morgan fingerprint density at radius 3 is 2.85 bits per heavy atom. The lowest BCUT2D eigenvalue weighted by molar-refractivity contribution is -0.128. The minimum atomic E-state index is -0.594. The quantitative estimate of drug-likeness (QED) is 0.844. The summed E-state index contributed by atoms with van der Waals surface area (Å²) in [7, 11) is 0. The van der Waals surface area contributed by atoms with E-state index in [4.69, 9.17) is 18.0 Å². The summed E-state index contributed by atoms with van der Waals surface area (Å²) in [6.07, 6.45) is 6.98. The zero-order chi connectivity index (χ0) is 14.2. The van der Waals surface area contributed by atoms with Gasteiger partial charge in [0.05, 0.1) is 16.4 Å². The van der Waals surface area contributed by atoms with E-state index in [0.717, 1.165) is 44.9 Å². The van der Waals surface area contributed by atoms with E-state index >= 15 is 0 Å². The summed E-state index contributed by atoms with van der Waals surface area (Å²) in [4.78, 5) is 14.5. The van der Waals surface area contributed by atoms with Crippen LogP contribution in [-0.4, -0.2) is 10.9 Å². The molecule has 1 fully saturated rings. The third-order valence-corrected chi connectivity index (χ3v) is 6.11. The minimum Gasteiger partial charge on any atom is -0.392 e. The summed E-state index contributed by atoms with van der Waals surface area (Å²) in [5, 5.41) is 5.34. The molecule has 0 spiro atoms. The molecule has 3 N–H and O–H groups in total. The molecule has 1 heterocycles. The van der Waals surface area contributed by atoms with Gasteiger partial charge in [-0.3, -0.25) is 4.79 Å². The van der Waals surface area contributed by atoms with E-state index in [9.17, 15) is 4.79 Å². The average Bonchev–Trinajstić information content (AvgIpc) is 3.09. The Kier molecular flexibility index (Phi) is 3.82. The van der Waals surface area contributed by atoms with Crippen LogP contribution in [0.15, 0.2) is 11.4 Å². The maximum absolute atomic E-state index is 12.7. The highest BCUT2D eigenvalue weighted by molar-refractivity contribution is 7.80. The molecule has 20 heavy (non-hydrogen) atoms. The normalized spacial score (nSPS) is 24.1. The molecule has 3 nitrogen and oxygen atoms in total. The number of hydrogen-bond acceptors (Lipinski definition) is 3. The van der Waals surface area contributed by atoms with Gasteiger partial charge in [-0.1, -0.05) is 25.1 Å². The van der Waals surface area contributed by atoms with Gasteiger partial charge in [-0.2, -0.15) is 0 Å². The molecular formula is C15H20N2OS2. The maximum atomic E-state index is 12.7. The number of nitrogens with one attached hydrogen (secondary N) is 1. The van der Waals surface area contributed by atoms with Crippen LogP contribution in [0.1, 0.15) is 55.0 Å². The van der Waals surface area contributed by atoms with Gasteiger partial charge in [0.25, 0.3) is 0 Å². The van der Waals surface area contributed by atoms with Gasteiger partial charge < -0.3 is 11.1 Å². The molecule has 1 unspecified atom stereocenters. The zero-order valence-corrected chi connectivity index (χ0v) is 13.1. The van der Waals surface area contributed by atoms with Crippen LogP contribution in [0.2, 0.25) is 0 Å². The summed E-state index contributed by atoms with van der Waals surface area (Å²) in [6, 6.07) is 2.29. The van der Waals surface area contributed by atoms with Crippen molar-refractivity contribution in [3.63, 3.8) is 0 Å². The van der Waals surface area contributed by atoms with Gasteiger partial charge in [-0.25, -0.2) is 0 Å². The number of fused-ring (bicyclic) bond motifs is 1. The van der Waals surface area contributed by atoms with Crippen molar-refractivity contribution in [2.75, 3.05) is 0 Å². The fourth-order valence-electron chi connectivity index (χ4n) is 3.50. The Balaban J connectivity index is 1.79. The first-order valence-corrected chi connectivity index (χ1v) is 8.59. The van der Waals surface area contributed by atoms with Gasteiger partial charge in [0, 0.05) is 4.88 Å². The van der Waals surface area contributed by atoms with Crippen LogP contribution in [0.25, 0.3) is 0 Å². The molecule has 108 valence electrons. The van der Waals surface area contributed by atoms with Crippen LogP contribution in [0.3, 0.4) is 0 Å². The third-order valence-electron chi connectivity index (χ3n) is 4.72. The molecule has 2 aliphatic rings. The van der Waals surface area contributed by atoms with Crippen molar-refractivity contribution in [2.45, 2.75) is 51.0 Å². The average molecular weight is 308 g/mol. The first-order chi connectivity index (χ1) is 9.63. The first kappa shape index (κ1) is 14.0. The molecule has 2 aliphatic carbocycles. The molecule has 1 aromatic rings. The van der Waals surface area contributed by atoms with Gasteiger partial charge in [-0.15, -0.1) is 11.3 Å². The van der Waals surface area contributed by atoms with Crippen molar-refractivity contribution in [3.05, 3.63) is 21.9 Å². The van der Waals surface area contributed by atoms with Crippen LogP contribution >= 0.6 is 23.6 Å². The van der Waals surface area contributed by atoms with Gasteiger partial charge in [-0.05, 0) is 49.1 Å². The van der Waals surface area contributed by atoms with E-state index in [1.54, 1.807) is 11.3 Å². The third kappa shape index (κ3) is 2.27. The molecule has 1 amide bonds.